The van der Waals surface area contributed by atoms with Crippen LogP contribution in [-0.2, 0) is 0 Å². The summed E-state index contributed by atoms with van der Waals surface area (Å²) in [5.41, 5.74) is 0.358. The minimum atomic E-state index is -0.147. The van der Waals surface area contributed by atoms with Gasteiger partial charge in [0.2, 0.25) is 0 Å². The molecule has 0 aliphatic rings. The fourth-order valence-corrected chi connectivity index (χ4v) is 1.09. The summed E-state index contributed by atoms with van der Waals surface area (Å²) in [5, 5.41) is 3.09. The van der Waals surface area contributed by atoms with Gasteiger partial charge in [-0.1, -0.05) is 0 Å². The molecule has 5 heteroatoms. The molecular weight excluding hydrogens is 192 g/mol. The summed E-state index contributed by atoms with van der Waals surface area (Å²) < 4.78 is 0. The highest BCUT2D eigenvalue weighted by molar-refractivity contribution is 5.96. The van der Waals surface area contributed by atoms with Crippen molar-refractivity contribution in [3.63, 3.8) is 0 Å². The summed E-state index contributed by atoms with van der Waals surface area (Å²) in [4.78, 5) is 21.3. The summed E-state index contributed by atoms with van der Waals surface area (Å²) in [6.07, 6.45) is 3.08. The molecule has 1 amide bonds. The van der Waals surface area contributed by atoms with Crippen molar-refractivity contribution < 1.29 is 4.79 Å². The molecule has 5 nitrogen and oxygen atoms in total. The van der Waals surface area contributed by atoms with Crippen LogP contribution in [0.2, 0.25) is 0 Å². The van der Waals surface area contributed by atoms with Crippen LogP contribution in [0.5, 0.6) is 0 Å². The zero-order chi connectivity index (χ0) is 11.4. The average Bonchev–Trinajstić information content (AvgIpc) is 2.16. The predicted molar refractivity (Wildman–Crippen MR) is 58.8 cm³/mol. The van der Waals surface area contributed by atoms with Crippen molar-refractivity contribution in [2.24, 2.45) is 0 Å². The monoisotopic (exact) mass is 208 g/mol. The Hall–Kier alpha value is -1.65. The quantitative estimate of drug-likeness (QED) is 0.805. The lowest BCUT2D eigenvalue weighted by Crippen LogP contribution is -2.25. The molecule has 1 rings (SSSR count). The zero-order valence-electron chi connectivity index (χ0n) is 9.48. The van der Waals surface area contributed by atoms with Crippen LogP contribution in [-0.4, -0.2) is 40.9 Å². The fourth-order valence-electron chi connectivity index (χ4n) is 1.09. The van der Waals surface area contributed by atoms with E-state index >= 15 is 0 Å². The average molecular weight is 208 g/mol. The molecule has 15 heavy (non-hydrogen) atoms. The van der Waals surface area contributed by atoms with Crippen molar-refractivity contribution in [1.29, 1.82) is 0 Å². The summed E-state index contributed by atoms with van der Waals surface area (Å²) >= 11 is 0. The van der Waals surface area contributed by atoms with Gasteiger partial charge >= 0.3 is 0 Å². The Morgan fingerprint density at radius 3 is 2.47 bits per heavy atom. The Morgan fingerprint density at radius 2 is 1.93 bits per heavy atom. The van der Waals surface area contributed by atoms with Gasteiger partial charge in [0.1, 0.15) is 0 Å². The molecule has 0 aliphatic heterocycles. The van der Waals surface area contributed by atoms with Gasteiger partial charge in [-0.05, 0) is 13.8 Å². The van der Waals surface area contributed by atoms with E-state index in [1.54, 1.807) is 20.3 Å². The molecule has 0 saturated carbocycles. The predicted octanol–water partition coefficient (Wildman–Crippen LogP) is 0.999. The van der Waals surface area contributed by atoms with Crippen molar-refractivity contribution in [3.05, 3.63) is 18.1 Å². The topological polar surface area (TPSA) is 58.1 Å². The number of hydrogen-bond acceptors (Lipinski definition) is 4. The highest BCUT2D eigenvalue weighted by Gasteiger charge is 2.15. The van der Waals surface area contributed by atoms with Crippen LogP contribution >= 0.6 is 0 Å². The van der Waals surface area contributed by atoms with E-state index in [4.69, 9.17) is 0 Å². The third-order valence-electron chi connectivity index (χ3n) is 1.73. The van der Waals surface area contributed by atoms with Crippen molar-refractivity contribution in [2.45, 2.75) is 19.9 Å². The Morgan fingerprint density at radius 1 is 1.33 bits per heavy atom. The summed E-state index contributed by atoms with van der Waals surface area (Å²) in [7, 11) is 3.38. The SMILES string of the molecule is CC(C)Nc1nccnc1C(=O)N(C)C. The van der Waals surface area contributed by atoms with E-state index in [9.17, 15) is 4.79 Å². The first-order valence-corrected chi connectivity index (χ1v) is 4.81. The van der Waals surface area contributed by atoms with Gasteiger partial charge in [-0.15, -0.1) is 0 Å². The molecule has 1 N–H and O–H groups in total. The number of carbonyl (C=O) groups excluding carboxylic acids is 1. The third-order valence-corrected chi connectivity index (χ3v) is 1.73. The summed E-state index contributed by atoms with van der Waals surface area (Å²) in [6, 6.07) is 0.218. The molecule has 0 radical (unpaired) electrons. The second kappa shape index (κ2) is 4.72. The Labute approximate surface area is 89.5 Å². The largest absolute Gasteiger partial charge is 0.366 e. The van der Waals surface area contributed by atoms with E-state index in [0.29, 0.717) is 11.5 Å². The number of nitrogens with one attached hydrogen (secondary N) is 1. The van der Waals surface area contributed by atoms with Gasteiger partial charge in [0.15, 0.2) is 11.5 Å². The Balaban J connectivity index is 3.01. The standard InChI is InChI=1S/C10H16N4O/c1-7(2)13-9-8(10(15)14(3)4)11-5-6-12-9/h5-7H,1-4H3,(H,12,13). The van der Waals surface area contributed by atoms with Gasteiger partial charge in [-0.25, -0.2) is 9.97 Å². The van der Waals surface area contributed by atoms with E-state index in [2.05, 4.69) is 15.3 Å². The molecule has 0 unspecified atom stereocenters. The minimum absolute atomic E-state index is 0.147. The van der Waals surface area contributed by atoms with Crippen LogP contribution in [0.4, 0.5) is 5.82 Å². The van der Waals surface area contributed by atoms with Gasteiger partial charge in [-0.3, -0.25) is 4.79 Å². The molecule has 0 aliphatic carbocycles. The molecule has 0 saturated heterocycles. The number of carbonyl (C=O) groups is 1. The van der Waals surface area contributed by atoms with E-state index < -0.39 is 0 Å². The Kier molecular flexibility index (Phi) is 3.60. The van der Waals surface area contributed by atoms with Crippen molar-refractivity contribution in [1.82, 2.24) is 14.9 Å². The van der Waals surface area contributed by atoms with Crippen LogP contribution in [0.3, 0.4) is 0 Å². The van der Waals surface area contributed by atoms with E-state index in [-0.39, 0.29) is 11.9 Å². The molecule has 1 aromatic heterocycles. The highest BCUT2D eigenvalue weighted by atomic mass is 16.2. The first-order valence-electron chi connectivity index (χ1n) is 4.81. The summed E-state index contributed by atoms with van der Waals surface area (Å²) in [6.45, 7) is 3.97. The molecule has 82 valence electrons. The smallest absolute Gasteiger partial charge is 0.275 e. The maximum absolute atomic E-state index is 11.7. The number of nitrogens with zero attached hydrogens (tertiary/aromatic N) is 3. The van der Waals surface area contributed by atoms with Crippen molar-refractivity contribution in [2.75, 3.05) is 19.4 Å². The number of rotatable bonds is 3. The molecule has 1 heterocycles. The molecule has 0 bridgehead atoms. The van der Waals surface area contributed by atoms with Crippen molar-refractivity contribution in [3.8, 4) is 0 Å². The molecule has 0 atom stereocenters. The first kappa shape index (κ1) is 11.4. The lowest BCUT2D eigenvalue weighted by atomic mass is 10.3. The minimum Gasteiger partial charge on any atom is -0.366 e. The lowest BCUT2D eigenvalue weighted by molar-refractivity contribution is 0.0822. The van der Waals surface area contributed by atoms with Gasteiger partial charge in [-0.2, -0.15) is 0 Å². The van der Waals surface area contributed by atoms with Gasteiger partial charge < -0.3 is 10.2 Å². The van der Waals surface area contributed by atoms with Crippen molar-refractivity contribution >= 4 is 11.7 Å². The Bertz CT molecular complexity index is 349. The normalized spacial score (nSPS) is 10.2. The second-order valence-electron chi connectivity index (χ2n) is 3.75. The maximum atomic E-state index is 11.7. The van der Waals surface area contributed by atoms with E-state index in [0.717, 1.165) is 0 Å². The number of anilines is 1. The zero-order valence-corrected chi connectivity index (χ0v) is 9.48. The van der Waals surface area contributed by atoms with Crippen LogP contribution < -0.4 is 5.32 Å². The van der Waals surface area contributed by atoms with E-state index in [1.165, 1.54) is 11.1 Å². The van der Waals surface area contributed by atoms with Crippen LogP contribution in [0, 0.1) is 0 Å². The number of amides is 1. The second-order valence-corrected chi connectivity index (χ2v) is 3.75. The maximum Gasteiger partial charge on any atom is 0.275 e. The molecule has 1 aromatic rings. The van der Waals surface area contributed by atoms with Crippen LogP contribution in [0.15, 0.2) is 12.4 Å². The van der Waals surface area contributed by atoms with Crippen LogP contribution in [0.25, 0.3) is 0 Å². The molecule has 0 spiro atoms. The fraction of sp³-hybridized carbons (Fsp3) is 0.500. The highest BCUT2D eigenvalue weighted by Crippen LogP contribution is 2.11. The molecular formula is C10H16N4O. The van der Waals surface area contributed by atoms with E-state index in [1.807, 2.05) is 13.8 Å². The van der Waals surface area contributed by atoms with Gasteiger partial charge in [0.05, 0.1) is 0 Å². The van der Waals surface area contributed by atoms with Gasteiger partial charge in [0, 0.05) is 32.5 Å². The lowest BCUT2D eigenvalue weighted by Gasteiger charge is -2.14. The first-order chi connectivity index (χ1) is 7.02. The number of hydrogen-bond donors (Lipinski definition) is 1. The molecule has 0 fully saturated rings. The van der Waals surface area contributed by atoms with Gasteiger partial charge in [0.25, 0.3) is 5.91 Å². The summed E-state index contributed by atoms with van der Waals surface area (Å²) in [5.74, 6) is 0.387. The third kappa shape index (κ3) is 2.90. The van der Waals surface area contributed by atoms with Crippen LogP contribution in [0.1, 0.15) is 24.3 Å². The number of aromatic nitrogens is 2. The molecule has 0 aromatic carbocycles.